The third-order valence-corrected chi connectivity index (χ3v) is 7.15. The Bertz CT molecular complexity index is 2060. The molecule has 4 heterocycles. The highest BCUT2D eigenvalue weighted by Gasteiger charge is 2.22. The van der Waals surface area contributed by atoms with Crippen LogP contribution in [-0.2, 0) is 0 Å². The van der Waals surface area contributed by atoms with Gasteiger partial charge in [-0.15, -0.1) is 0 Å². The van der Waals surface area contributed by atoms with E-state index in [0.29, 0.717) is 5.95 Å². The molecule has 0 aliphatic heterocycles. The van der Waals surface area contributed by atoms with Crippen LogP contribution in [0.2, 0.25) is 0 Å². The van der Waals surface area contributed by atoms with Gasteiger partial charge in [0.1, 0.15) is 11.2 Å². The number of hydrogen-bond acceptors (Lipinski definition) is 3. The fraction of sp³-hybridized carbons (Fsp3) is 0. The van der Waals surface area contributed by atoms with Gasteiger partial charge in [0.2, 0.25) is 5.95 Å². The first-order valence-electron chi connectivity index (χ1n) is 12.6. The van der Waals surface area contributed by atoms with Gasteiger partial charge in [0, 0.05) is 28.1 Å². The average Bonchev–Trinajstić information content (AvgIpc) is 3.53. The smallest absolute Gasteiger partial charge is 0.237 e. The van der Waals surface area contributed by atoms with Gasteiger partial charge in [0.05, 0.1) is 16.9 Å². The van der Waals surface area contributed by atoms with Gasteiger partial charge in [0.25, 0.3) is 0 Å². The summed E-state index contributed by atoms with van der Waals surface area (Å²) in [5.74, 6) is 0.618. The third-order valence-electron chi connectivity index (χ3n) is 7.15. The van der Waals surface area contributed by atoms with Crippen molar-refractivity contribution in [2.24, 2.45) is 0 Å². The number of aromatic nitrogens is 5. The lowest BCUT2D eigenvalue weighted by Gasteiger charge is -2.12. The van der Waals surface area contributed by atoms with Crippen LogP contribution in [0.15, 0.2) is 128 Å². The molecule has 8 rings (SSSR count). The van der Waals surface area contributed by atoms with Crippen LogP contribution in [0.1, 0.15) is 0 Å². The molecule has 0 unspecified atom stereocenters. The minimum Gasteiger partial charge on any atom is -0.285 e. The van der Waals surface area contributed by atoms with Crippen molar-refractivity contribution in [3.63, 3.8) is 0 Å². The highest BCUT2D eigenvalue weighted by atomic mass is 15.2. The van der Waals surface area contributed by atoms with Crippen molar-refractivity contribution >= 4 is 38.5 Å². The summed E-state index contributed by atoms with van der Waals surface area (Å²) in [6.45, 7) is 0. The molecule has 0 saturated heterocycles. The second-order valence-corrected chi connectivity index (χ2v) is 9.40. The quantitative estimate of drug-likeness (QED) is 0.256. The molecular formula is C33H21N5. The van der Waals surface area contributed by atoms with Gasteiger partial charge in [-0.1, -0.05) is 97.1 Å². The van der Waals surface area contributed by atoms with Crippen LogP contribution >= 0.6 is 0 Å². The van der Waals surface area contributed by atoms with E-state index < -0.39 is 0 Å². The lowest BCUT2D eigenvalue weighted by Crippen LogP contribution is -2.05. The molecule has 0 aliphatic carbocycles. The van der Waals surface area contributed by atoms with Gasteiger partial charge >= 0.3 is 0 Å². The first kappa shape index (κ1) is 20.9. The molecule has 178 valence electrons. The van der Waals surface area contributed by atoms with Crippen molar-refractivity contribution < 1.29 is 0 Å². The van der Waals surface area contributed by atoms with Crippen LogP contribution in [0, 0.1) is 0 Å². The minimum absolute atomic E-state index is 0.618. The molecule has 0 spiro atoms. The van der Waals surface area contributed by atoms with E-state index in [0.717, 1.165) is 55.6 Å². The monoisotopic (exact) mass is 487 g/mol. The highest BCUT2D eigenvalue weighted by Crippen LogP contribution is 2.37. The fourth-order valence-electron chi connectivity index (χ4n) is 5.41. The average molecular weight is 488 g/mol. The molecular weight excluding hydrogens is 466 g/mol. The maximum Gasteiger partial charge on any atom is 0.237 e. The van der Waals surface area contributed by atoms with Crippen LogP contribution in [-0.4, -0.2) is 23.9 Å². The number of hydrogen-bond donors (Lipinski definition) is 0. The van der Waals surface area contributed by atoms with Gasteiger partial charge in [-0.25, -0.2) is 15.0 Å². The van der Waals surface area contributed by atoms with Crippen molar-refractivity contribution in [3.8, 4) is 28.5 Å². The zero-order chi connectivity index (χ0) is 25.1. The Labute approximate surface area is 218 Å². The summed E-state index contributed by atoms with van der Waals surface area (Å²) in [5.41, 5.74) is 7.68. The molecule has 0 atom stereocenters. The van der Waals surface area contributed by atoms with Crippen LogP contribution in [0.5, 0.6) is 0 Å². The van der Waals surface area contributed by atoms with Crippen molar-refractivity contribution in [3.05, 3.63) is 128 Å². The summed E-state index contributed by atoms with van der Waals surface area (Å²) in [6.07, 6.45) is 2.06. The van der Waals surface area contributed by atoms with Crippen molar-refractivity contribution in [1.29, 1.82) is 0 Å². The molecule has 4 aromatic carbocycles. The number of nitrogens with zero attached hydrogens (tertiary/aromatic N) is 5. The molecule has 0 aliphatic rings. The number of rotatable bonds is 3. The Balaban J connectivity index is 1.56. The van der Waals surface area contributed by atoms with Crippen molar-refractivity contribution in [2.75, 3.05) is 0 Å². The van der Waals surface area contributed by atoms with Crippen LogP contribution in [0.3, 0.4) is 0 Å². The number of benzene rings is 4. The van der Waals surface area contributed by atoms with E-state index in [-0.39, 0.29) is 0 Å². The standard InChI is InChI=1S/C33H21N5/c1-3-12-23(13-4-1)27-21-28(24-14-5-2-6-15-24)35-33(34-27)38-31-25-16-8-7-11-22(25)18-19-26(31)30-32(38)37-20-10-9-17-29(37)36-30/h1-21H. The number of fused-ring (bicyclic) bond motifs is 7. The van der Waals surface area contributed by atoms with E-state index in [1.165, 1.54) is 5.39 Å². The van der Waals surface area contributed by atoms with Crippen LogP contribution in [0.4, 0.5) is 0 Å². The normalized spacial score (nSPS) is 11.7. The van der Waals surface area contributed by atoms with E-state index in [2.05, 4.69) is 81.9 Å². The van der Waals surface area contributed by atoms with E-state index in [1.54, 1.807) is 0 Å². The molecule has 0 fully saturated rings. The lowest BCUT2D eigenvalue weighted by molar-refractivity contribution is 0.974. The van der Waals surface area contributed by atoms with Gasteiger partial charge < -0.3 is 0 Å². The summed E-state index contributed by atoms with van der Waals surface area (Å²) in [6, 6.07) is 41.5. The first-order valence-corrected chi connectivity index (χ1v) is 12.6. The van der Waals surface area contributed by atoms with Gasteiger partial charge in [-0.05, 0) is 29.7 Å². The number of imidazole rings is 1. The second-order valence-electron chi connectivity index (χ2n) is 9.40. The molecule has 4 aromatic heterocycles. The number of pyridine rings is 1. The molecule has 8 aromatic rings. The summed E-state index contributed by atoms with van der Waals surface area (Å²) < 4.78 is 4.32. The molecule has 0 saturated carbocycles. The highest BCUT2D eigenvalue weighted by molar-refractivity contribution is 6.17. The molecule has 5 heteroatoms. The maximum absolute atomic E-state index is 5.18. The Morgan fingerprint density at radius 1 is 0.526 bits per heavy atom. The SMILES string of the molecule is c1ccc(-c2cc(-c3ccccc3)nc(-n3c4c5ccccc5ccc4c4nc5ccccn5c43)n2)cc1. The van der Waals surface area contributed by atoms with Crippen molar-refractivity contribution in [2.45, 2.75) is 0 Å². The van der Waals surface area contributed by atoms with Crippen molar-refractivity contribution in [1.82, 2.24) is 23.9 Å². The van der Waals surface area contributed by atoms with Crippen LogP contribution < -0.4 is 0 Å². The third kappa shape index (κ3) is 3.09. The van der Waals surface area contributed by atoms with E-state index in [9.17, 15) is 0 Å². The second kappa shape index (κ2) is 8.11. The molecule has 38 heavy (non-hydrogen) atoms. The predicted octanol–water partition coefficient (Wildman–Crippen LogP) is 7.71. The molecule has 5 nitrogen and oxygen atoms in total. The van der Waals surface area contributed by atoms with Gasteiger partial charge in [-0.3, -0.25) is 8.97 Å². The molecule has 0 bridgehead atoms. The van der Waals surface area contributed by atoms with E-state index in [4.69, 9.17) is 15.0 Å². The lowest BCUT2D eigenvalue weighted by atomic mass is 10.1. The zero-order valence-electron chi connectivity index (χ0n) is 20.4. The topological polar surface area (TPSA) is 48.0 Å². The van der Waals surface area contributed by atoms with Gasteiger partial charge in [0.15, 0.2) is 5.65 Å². The predicted molar refractivity (Wildman–Crippen MR) is 153 cm³/mol. The van der Waals surface area contributed by atoms with E-state index >= 15 is 0 Å². The Hall–Kier alpha value is -5.29. The Morgan fingerprint density at radius 3 is 1.92 bits per heavy atom. The fourth-order valence-corrected chi connectivity index (χ4v) is 5.41. The zero-order valence-corrected chi connectivity index (χ0v) is 20.4. The summed E-state index contributed by atoms with van der Waals surface area (Å²) in [5, 5.41) is 3.39. The van der Waals surface area contributed by atoms with Crippen LogP contribution in [0.25, 0.3) is 66.9 Å². The summed E-state index contributed by atoms with van der Waals surface area (Å²) >= 11 is 0. The molecule has 0 amide bonds. The van der Waals surface area contributed by atoms with E-state index in [1.807, 2.05) is 54.6 Å². The van der Waals surface area contributed by atoms with Gasteiger partial charge in [-0.2, -0.15) is 0 Å². The summed E-state index contributed by atoms with van der Waals surface area (Å²) in [7, 11) is 0. The Morgan fingerprint density at radius 2 is 1.18 bits per heavy atom. The maximum atomic E-state index is 5.18. The molecule has 0 radical (unpaired) electrons. The molecule has 0 N–H and O–H groups in total. The minimum atomic E-state index is 0.618. The Kier molecular flexibility index (Phi) is 4.45. The largest absolute Gasteiger partial charge is 0.285 e. The first-order chi connectivity index (χ1) is 18.8. The summed E-state index contributed by atoms with van der Waals surface area (Å²) in [4.78, 5) is 15.4.